The van der Waals surface area contributed by atoms with Gasteiger partial charge in [0.25, 0.3) is 5.91 Å². The highest BCUT2D eigenvalue weighted by atomic mass is 35.5. The zero-order valence-electron chi connectivity index (χ0n) is 14.0. The van der Waals surface area contributed by atoms with E-state index in [4.69, 9.17) is 0 Å². The van der Waals surface area contributed by atoms with Crippen LogP contribution in [0.15, 0.2) is 30.5 Å². The molecule has 1 N–H and O–H groups in total. The molecular weight excluding hydrogens is 371 g/mol. The predicted molar refractivity (Wildman–Crippen MR) is 91.6 cm³/mol. The summed E-state index contributed by atoms with van der Waals surface area (Å²) >= 11 is 0. The molecule has 0 radical (unpaired) electrons. The van der Waals surface area contributed by atoms with E-state index in [0.717, 1.165) is 23.6 Å². The number of benzene rings is 1. The first-order valence-corrected chi connectivity index (χ1v) is 7.95. The van der Waals surface area contributed by atoms with Crippen molar-refractivity contribution < 1.29 is 18.0 Å². The van der Waals surface area contributed by atoms with Crippen LogP contribution in [0.4, 0.5) is 13.2 Å². The average molecular weight is 390 g/mol. The molecule has 2 aromatic rings. The monoisotopic (exact) mass is 389 g/mol. The molecule has 1 amide bonds. The van der Waals surface area contributed by atoms with Gasteiger partial charge in [-0.25, -0.2) is 4.68 Å². The number of hydrogen-bond acceptors (Lipinski definition) is 4. The smallest absolute Gasteiger partial charge is 0.337 e. The number of aromatic nitrogens is 3. The lowest BCUT2D eigenvalue weighted by atomic mass is 10.1. The van der Waals surface area contributed by atoms with Gasteiger partial charge in [-0.1, -0.05) is 17.3 Å². The van der Waals surface area contributed by atoms with Crippen molar-refractivity contribution >= 4 is 18.3 Å². The molecule has 3 rings (SSSR count). The van der Waals surface area contributed by atoms with Gasteiger partial charge in [-0.15, -0.1) is 17.5 Å². The summed E-state index contributed by atoms with van der Waals surface area (Å²) in [5, 5.41) is 10.7. The first-order valence-electron chi connectivity index (χ1n) is 7.95. The Hall–Kier alpha value is -2.13. The number of likely N-dealkylation sites (tertiary alicyclic amines) is 1. The lowest BCUT2D eigenvalue weighted by molar-refractivity contribution is -0.137. The lowest BCUT2D eigenvalue weighted by Gasteiger charge is -2.31. The van der Waals surface area contributed by atoms with Crippen molar-refractivity contribution in [3.63, 3.8) is 0 Å². The van der Waals surface area contributed by atoms with Crippen LogP contribution in [0.25, 0.3) is 5.69 Å². The molecule has 1 aliphatic heterocycles. The molecule has 2 heterocycles. The maximum Gasteiger partial charge on any atom is 0.418 e. The fraction of sp³-hybridized carbons (Fsp3) is 0.438. The maximum atomic E-state index is 13.1. The van der Waals surface area contributed by atoms with Crippen molar-refractivity contribution in [1.29, 1.82) is 0 Å². The van der Waals surface area contributed by atoms with Gasteiger partial charge in [0.15, 0.2) is 5.69 Å². The Morgan fingerprint density at radius 3 is 2.50 bits per heavy atom. The quantitative estimate of drug-likeness (QED) is 0.876. The number of rotatable bonds is 3. The first kappa shape index (κ1) is 20.2. The number of piperidine rings is 1. The summed E-state index contributed by atoms with van der Waals surface area (Å²) in [6.07, 6.45) is -1.61. The fourth-order valence-corrected chi connectivity index (χ4v) is 2.93. The van der Waals surface area contributed by atoms with Gasteiger partial charge in [0.2, 0.25) is 0 Å². The van der Waals surface area contributed by atoms with Crippen molar-refractivity contribution in [1.82, 2.24) is 25.2 Å². The van der Waals surface area contributed by atoms with Gasteiger partial charge in [0.1, 0.15) is 0 Å². The van der Waals surface area contributed by atoms with Crippen LogP contribution >= 0.6 is 12.4 Å². The summed E-state index contributed by atoms with van der Waals surface area (Å²) in [5.74, 6) is -0.315. The Morgan fingerprint density at radius 1 is 1.23 bits per heavy atom. The van der Waals surface area contributed by atoms with E-state index in [-0.39, 0.29) is 29.7 Å². The first-order chi connectivity index (χ1) is 11.9. The standard InChI is InChI=1S/C16H18F3N5O.ClH/c1-20-11-6-8-23(9-7-11)15(25)13-10-24(22-21-13)14-5-3-2-4-12(14)16(17,18)19;/h2-5,10-11,20H,6-9H2,1H3;1H. The maximum absolute atomic E-state index is 13.1. The van der Waals surface area contributed by atoms with Gasteiger partial charge in [0, 0.05) is 19.1 Å². The number of hydrogen-bond donors (Lipinski definition) is 1. The van der Waals surface area contributed by atoms with E-state index < -0.39 is 11.7 Å². The molecule has 1 aromatic carbocycles. The lowest BCUT2D eigenvalue weighted by Crippen LogP contribution is -2.44. The molecule has 0 aliphatic carbocycles. The van der Waals surface area contributed by atoms with Gasteiger partial charge in [0.05, 0.1) is 17.4 Å². The van der Waals surface area contributed by atoms with E-state index in [0.29, 0.717) is 19.1 Å². The van der Waals surface area contributed by atoms with E-state index in [1.165, 1.54) is 24.4 Å². The van der Waals surface area contributed by atoms with Crippen LogP contribution in [0.5, 0.6) is 0 Å². The van der Waals surface area contributed by atoms with Crippen LogP contribution in [0.1, 0.15) is 28.9 Å². The second-order valence-corrected chi connectivity index (χ2v) is 5.92. The Bertz CT molecular complexity index is 756. The van der Waals surface area contributed by atoms with Gasteiger partial charge in [-0.05, 0) is 32.0 Å². The summed E-state index contributed by atoms with van der Waals surface area (Å²) in [5.41, 5.74) is -0.941. The number of alkyl halides is 3. The highest BCUT2D eigenvalue weighted by Crippen LogP contribution is 2.33. The SMILES string of the molecule is CNC1CCN(C(=O)c2cn(-c3ccccc3C(F)(F)F)nn2)CC1.Cl. The highest BCUT2D eigenvalue weighted by Gasteiger charge is 2.34. The largest absolute Gasteiger partial charge is 0.418 e. The van der Waals surface area contributed by atoms with E-state index in [9.17, 15) is 18.0 Å². The fourth-order valence-electron chi connectivity index (χ4n) is 2.93. The minimum Gasteiger partial charge on any atom is -0.337 e. The van der Waals surface area contributed by atoms with E-state index in [1.807, 2.05) is 7.05 Å². The Morgan fingerprint density at radius 2 is 1.88 bits per heavy atom. The molecule has 10 heteroatoms. The molecule has 0 bridgehead atoms. The molecule has 0 saturated carbocycles. The second kappa shape index (κ2) is 8.05. The number of nitrogens with one attached hydrogen (secondary N) is 1. The predicted octanol–water partition coefficient (Wildman–Crippen LogP) is 2.53. The molecular formula is C16H19ClF3N5O. The summed E-state index contributed by atoms with van der Waals surface area (Å²) in [6, 6.07) is 5.43. The summed E-state index contributed by atoms with van der Waals surface area (Å²) in [4.78, 5) is 14.1. The van der Waals surface area contributed by atoms with Crippen molar-refractivity contribution in [3.8, 4) is 5.69 Å². The topological polar surface area (TPSA) is 63.1 Å². The molecule has 1 aliphatic rings. The van der Waals surface area contributed by atoms with Crippen LogP contribution < -0.4 is 5.32 Å². The number of carbonyl (C=O) groups excluding carboxylic acids is 1. The molecule has 6 nitrogen and oxygen atoms in total. The average Bonchev–Trinajstić information content (AvgIpc) is 3.10. The van der Waals surface area contributed by atoms with Gasteiger partial charge in [-0.3, -0.25) is 4.79 Å². The minimum atomic E-state index is -4.51. The zero-order valence-corrected chi connectivity index (χ0v) is 14.8. The number of halogens is 4. The Kier molecular flexibility index (Phi) is 6.25. The van der Waals surface area contributed by atoms with Crippen molar-refractivity contribution in [3.05, 3.63) is 41.7 Å². The molecule has 1 fully saturated rings. The van der Waals surface area contributed by atoms with Crippen LogP contribution in [0, 0.1) is 0 Å². The Labute approximate surface area is 154 Å². The molecule has 0 spiro atoms. The van der Waals surface area contributed by atoms with Crippen LogP contribution in [0.2, 0.25) is 0 Å². The van der Waals surface area contributed by atoms with Crippen LogP contribution in [-0.4, -0.2) is 52.0 Å². The van der Waals surface area contributed by atoms with E-state index in [1.54, 1.807) is 4.90 Å². The normalized spacial score (nSPS) is 15.6. The van der Waals surface area contributed by atoms with Crippen molar-refractivity contribution in [2.75, 3.05) is 20.1 Å². The summed E-state index contributed by atoms with van der Waals surface area (Å²) in [6.45, 7) is 1.16. The number of amides is 1. The van der Waals surface area contributed by atoms with Crippen LogP contribution in [0.3, 0.4) is 0 Å². The summed E-state index contributed by atoms with van der Waals surface area (Å²) in [7, 11) is 1.88. The Balaban J connectivity index is 0.00000243. The number of carbonyl (C=O) groups is 1. The van der Waals surface area contributed by atoms with E-state index in [2.05, 4.69) is 15.6 Å². The number of para-hydroxylation sites is 1. The van der Waals surface area contributed by atoms with Gasteiger partial charge in [-0.2, -0.15) is 13.2 Å². The second-order valence-electron chi connectivity index (χ2n) is 5.92. The summed E-state index contributed by atoms with van der Waals surface area (Å²) < 4.78 is 40.3. The van der Waals surface area contributed by atoms with Crippen molar-refractivity contribution in [2.45, 2.75) is 25.1 Å². The third-order valence-electron chi connectivity index (χ3n) is 4.36. The van der Waals surface area contributed by atoms with Gasteiger partial charge >= 0.3 is 6.18 Å². The third-order valence-corrected chi connectivity index (χ3v) is 4.36. The molecule has 26 heavy (non-hydrogen) atoms. The van der Waals surface area contributed by atoms with Gasteiger partial charge < -0.3 is 10.2 Å². The molecule has 0 atom stereocenters. The van der Waals surface area contributed by atoms with E-state index >= 15 is 0 Å². The zero-order chi connectivity index (χ0) is 18.0. The molecule has 1 aromatic heterocycles. The molecule has 0 unspecified atom stereocenters. The minimum absolute atomic E-state index is 0. The number of nitrogens with zero attached hydrogens (tertiary/aromatic N) is 4. The molecule has 1 saturated heterocycles. The molecule has 142 valence electrons. The highest BCUT2D eigenvalue weighted by molar-refractivity contribution is 5.92. The van der Waals surface area contributed by atoms with Crippen molar-refractivity contribution in [2.24, 2.45) is 0 Å². The third kappa shape index (κ3) is 4.16. The van der Waals surface area contributed by atoms with Crippen LogP contribution in [-0.2, 0) is 6.18 Å².